The van der Waals surface area contributed by atoms with Crippen LogP contribution in [-0.4, -0.2) is 117 Å². The van der Waals surface area contributed by atoms with Crippen LogP contribution < -0.4 is 15.4 Å². The lowest BCUT2D eigenvalue weighted by Crippen LogP contribution is -2.70. The van der Waals surface area contributed by atoms with Gasteiger partial charge < -0.3 is 55.1 Å². The first-order valence-corrected chi connectivity index (χ1v) is 11.6. The number of nitrogens with zero attached hydrogens (tertiary/aromatic N) is 1. The Balaban J connectivity index is 1.93. The average molecular weight is 545 g/mol. The minimum Gasteiger partial charge on any atom is -0.463 e. The van der Waals surface area contributed by atoms with E-state index in [-0.39, 0.29) is 11.4 Å². The van der Waals surface area contributed by atoms with Crippen molar-refractivity contribution in [1.29, 1.82) is 0 Å². The lowest BCUT2D eigenvalue weighted by molar-refractivity contribution is -0.384. The van der Waals surface area contributed by atoms with Gasteiger partial charge in [0.1, 0.15) is 54.5 Å². The van der Waals surface area contributed by atoms with Crippen LogP contribution in [-0.2, 0) is 23.8 Å². The minimum atomic E-state index is -1.65. The van der Waals surface area contributed by atoms with Crippen LogP contribution in [0.2, 0.25) is 0 Å². The van der Waals surface area contributed by atoms with Gasteiger partial charge in [-0.2, -0.15) is 0 Å². The highest BCUT2D eigenvalue weighted by Crippen LogP contribution is 2.31. The van der Waals surface area contributed by atoms with Gasteiger partial charge in [-0.1, -0.05) is 0 Å². The summed E-state index contributed by atoms with van der Waals surface area (Å²) in [5, 5.41) is 67.0. The maximum Gasteiger partial charge on any atom is 0.269 e. The molecule has 2 fully saturated rings. The first-order valence-electron chi connectivity index (χ1n) is 11.6. The Bertz CT molecular complexity index is 980. The first-order chi connectivity index (χ1) is 18.0. The molecule has 7 N–H and O–H groups in total. The van der Waals surface area contributed by atoms with E-state index in [1.165, 1.54) is 31.2 Å². The van der Waals surface area contributed by atoms with Crippen LogP contribution in [0, 0.1) is 10.1 Å². The Labute approximate surface area is 216 Å². The molecule has 0 aromatic heterocycles. The second-order valence-electron chi connectivity index (χ2n) is 8.84. The maximum absolute atomic E-state index is 12.1. The van der Waals surface area contributed by atoms with Crippen LogP contribution >= 0.6 is 0 Å². The predicted molar refractivity (Wildman–Crippen MR) is 123 cm³/mol. The zero-order chi connectivity index (χ0) is 28.1. The molecule has 1 aromatic carbocycles. The highest BCUT2D eigenvalue weighted by atomic mass is 16.7. The second-order valence-corrected chi connectivity index (χ2v) is 8.84. The van der Waals surface area contributed by atoms with Crippen LogP contribution in [0.3, 0.4) is 0 Å². The third-order valence-electron chi connectivity index (χ3n) is 6.07. The molecule has 2 saturated heterocycles. The Morgan fingerprint density at radius 1 is 0.895 bits per heavy atom. The standard InChI is InChI=1S/C22H31N3O13/c1-9(28)23-15-19(32)17(30)13(7-26)36-21(15)38-20-16(24-10(2)29)22(37-14(8-27)18(20)31)35-12-5-3-11(4-6-12)25(33)34/h3-6,13-22,26-27,30-32H,7-8H2,1-2H3,(H,23,28)(H,24,29)/t13-,14-,15-,16-,17-,18-,19-,20-,21+,22-/m1/s1. The maximum atomic E-state index is 12.1. The number of hydrogen-bond acceptors (Lipinski definition) is 13. The summed E-state index contributed by atoms with van der Waals surface area (Å²) < 4.78 is 22.9. The number of amides is 2. The van der Waals surface area contributed by atoms with Gasteiger partial charge in [-0.05, 0) is 12.1 Å². The SMILES string of the molecule is CC(=O)N[C@H]1[C@H](O[C@H]2[C@H](O)[C@@H](CO)O[C@@H](Oc3ccc([N+](=O)[O-])cc3)[C@@H]2NC(C)=O)O[C@H](CO)[C@@H](O)[C@@H]1O. The molecule has 0 unspecified atom stereocenters. The van der Waals surface area contributed by atoms with Crippen molar-refractivity contribution in [3.05, 3.63) is 34.4 Å². The molecule has 38 heavy (non-hydrogen) atoms. The molecule has 2 aliphatic heterocycles. The molecular weight excluding hydrogens is 514 g/mol. The fourth-order valence-electron chi connectivity index (χ4n) is 4.24. The summed E-state index contributed by atoms with van der Waals surface area (Å²) in [5.74, 6) is -1.11. The number of nitro benzene ring substituents is 1. The van der Waals surface area contributed by atoms with E-state index < -0.39 is 91.2 Å². The number of aliphatic hydroxyl groups is 5. The van der Waals surface area contributed by atoms with Crippen LogP contribution in [0.25, 0.3) is 0 Å². The lowest BCUT2D eigenvalue weighted by atomic mass is 9.94. The van der Waals surface area contributed by atoms with Crippen molar-refractivity contribution in [2.75, 3.05) is 13.2 Å². The van der Waals surface area contributed by atoms with Crippen molar-refractivity contribution in [2.24, 2.45) is 0 Å². The molecule has 0 bridgehead atoms. The summed E-state index contributed by atoms with van der Waals surface area (Å²) in [6.07, 6.45) is -11.9. The van der Waals surface area contributed by atoms with Gasteiger partial charge in [0.15, 0.2) is 6.29 Å². The molecule has 16 heteroatoms. The van der Waals surface area contributed by atoms with Crippen molar-refractivity contribution < 1.29 is 59.0 Å². The zero-order valence-corrected chi connectivity index (χ0v) is 20.4. The van der Waals surface area contributed by atoms with Crippen molar-refractivity contribution in [2.45, 2.75) is 75.1 Å². The Morgan fingerprint density at radius 2 is 1.42 bits per heavy atom. The number of hydrogen-bond donors (Lipinski definition) is 7. The summed E-state index contributed by atoms with van der Waals surface area (Å²) in [6, 6.07) is 2.27. The smallest absolute Gasteiger partial charge is 0.269 e. The fraction of sp³-hybridized carbons (Fsp3) is 0.636. The van der Waals surface area contributed by atoms with Gasteiger partial charge >= 0.3 is 0 Å². The van der Waals surface area contributed by atoms with E-state index in [0.29, 0.717) is 0 Å². The van der Waals surface area contributed by atoms with Gasteiger partial charge in [-0.25, -0.2) is 0 Å². The van der Waals surface area contributed by atoms with Crippen LogP contribution in [0.4, 0.5) is 5.69 Å². The van der Waals surface area contributed by atoms with E-state index in [2.05, 4.69) is 10.6 Å². The number of non-ortho nitro benzene ring substituents is 1. The van der Waals surface area contributed by atoms with E-state index in [9.17, 15) is 45.2 Å². The zero-order valence-electron chi connectivity index (χ0n) is 20.4. The largest absolute Gasteiger partial charge is 0.463 e. The summed E-state index contributed by atoms with van der Waals surface area (Å²) >= 11 is 0. The minimum absolute atomic E-state index is 0.0895. The molecule has 0 aliphatic carbocycles. The Kier molecular flexibility index (Phi) is 9.91. The predicted octanol–water partition coefficient (Wildman–Crippen LogP) is -3.11. The van der Waals surface area contributed by atoms with Crippen molar-refractivity contribution in [3.8, 4) is 5.75 Å². The Hall–Kier alpha value is -2.96. The van der Waals surface area contributed by atoms with E-state index >= 15 is 0 Å². The summed E-state index contributed by atoms with van der Waals surface area (Å²) in [6.45, 7) is 0.883. The molecule has 212 valence electrons. The highest BCUT2D eigenvalue weighted by molar-refractivity contribution is 5.73. The van der Waals surface area contributed by atoms with Gasteiger partial charge in [0.05, 0.1) is 18.1 Å². The third kappa shape index (κ3) is 6.72. The number of rotatable bonds is 9. The monoisotopic (exact) mass is 545 g/mol. The normalized spacial score (nSPS) is 35.2. The quantitative estimate of drug-likeness (QED) is 0.120. The average Bonchev–Trinajstić information content (AvgIpc) is 2.86. The van der Waals surface area contributed by atoms with Gasteiger partial charge in [0.25, 0.3) is 5.69 Å². The molecule has 2 heterocycles. The molecule has 1 aromatic rings. The van der Waals surface area contributed by atoms with E-state index in [1.807, 2.05) is 0 Å². The lowest BCUT2D eigenvalue weighted by Gasteiger charge is -2.48. The van der Waals surface area contributed by atoms with Crippen LogP contribution in [0.15, 0.2) is 24.3 Å². The topological polar surface area (TPSA) is 239 Å². The highest BCUT2D eigenvalue weighted by Gasteiger charge is 2.52. The fourth-order valence-corrected chi connectivity index (χ4v) is 4.24. The van der Waals surface area contributed by atoms with Gasteiger partial charge in [-0.3, -0.25) is 19.7 Å². The third-order valence-corrected chi connectivity index (χ3v) is 6.07. The number of carbonyl (C=O) groups excluding carboxylic acids is 2. The number of nitrogens with one attached hydrogen (secondary N) is 2. The number of aliphatic hydroxyl groups excluding tert-OH is 5. The van der Waals surface area contributed by atoms with Crippen molar-refractivity contribution in [1.82, 2.24) is 10.6 Å². The van der Waals surface area contributed by atoms with E-state index in [0.717, 1.165) is 6.92 Å². The van der Waals surface area contributed by atoms with E-state index in [4.69, 9.17) is 18.9 Å². The number of benzene rings is 1. The number of ether oxygens (including phenoxy) is 4. The number of carbonyl (C=O) groups is 2. The summed E-state index contributed by atoms with van der Waals surface area (Å²) in [4.78, 5) is 34.1. The van der Waals surface area contributed by atoms with Gasteiger partial charge in [0, 0.05) is 26.0 Å². The van der Waals surface area contributed by atoms with Crippen LogP contribution in [0.5, 0.6) is 5.75 Å². The number of nitro groups is 1. The molecular formula is C22H31N3O13. The van der Waals surface area contributed by atoms with Crippen molar-refractivity contribution in [3.63, 3.8) is 0 Å². The van der Waals surface area contributed by atoms with Crippen LogP contribution in [0.1, 0.15) is 13.8 Å². The van der Waals surface area contributed by atoms with Gasteiger partial charge in [0.2, 0.25) is 18.1 Å². The van der Waals surface area contributed by atoms with Crippen molar-refractivity contribution >= 4 is 17.5 Å². The molecule has 2 amide bonds. The molecule has 0 radical (unpaired) electrons. The molecule has 2 aliphatic rings. The molecule has 16 nitrogen and oxygen atoms in total. The first kappa shape index (κ1) is 29.6. The molecule has 3 rings (SSSR count). The summed E-state index contributed by atoms with van der Waals surface area (Å²) in [5.41, 5.74) is -0.206. The second kappa shape index (κ2) is 12.7. The molecule has 0 spiro atoms. The summed E-state index contributed by atoms with van der Waals surface area (Å²) in [7, 11) is 0. The Morgan fingerprint density at radius 3 is 1.95 bits per heavy atom. The van der Waals surface area contributed by atoms with E-state index in [1.54, 1.807) is 0 Å². The van der Waals surface area contributed by atoms with Gasteiger partial charge in [-0.15, -0.1) is 0 Å². The molecule has 10 atom stereocenters. The molecule has 0 saturated carbocycles.